The predicted octanol–water partition coefficient (Wildman–Crippen LogP) is 3.05. The van der Waals surface area contributed by atoms with Gasteiger partial charge in [-0.05, 0) is 55.7 Å². The molecule has 27 heavy (non-hydrogen) atoms. The fourth-order valence-corrected chi connectivity index (χ4v) is 3.97. The zero-order valence-corrected chi connectivity index (χ0v) is 16.1. The third-order valence-corrected chi connectivity index (χ3v) is 5.62. The second-order valence-corrected chi connectivity index (χ2v) is 7.66. The van der Waals surface area contributed by atoms with Gasteiger partial charge in [0.25, 0.3) is 0 Å². The molecule has 5 heteroatoms. The molecular weight excluding hydrogens is 340 g/mol. The van der Waals surface area contributed by atoms with Crippen molar-refractivity contribution in [2.24, 2.45) is 0 Å². The lowest BCUT2D eigenvalue weighted by atomic mass is 9.89. The van der Waals surface area contributed by atoms with Crippen LogP contribution in [0.25, 0.3) is 0 Å². The Balaban J connectivity index is 1.39. The van der Waals surface area contributed by atoms with Crippen LogP contribution in [0.15, 0.2) is 18.2 Å². The van der Waals surface area contributed by atoms with Gasteiger partial charge in [-0.2, -0.15) is 0 Å². The standard InChI is InChI=1S/C22H30N2O3/c25-20(19-10-9-17-6-3-4-7-18(17)16-19)11-12-21(26)23-13-15-24-14-5-1-2-8-22(24)27/h9-10,16H,1-8,11-15H2,(H,23,26). The fraction of sp³-hybridized carbons (Fsp3) is 0.591. The zero-order chi connectivity index (χ0) is 19.1. The third kappa shape index (κ3) is 5.65. The van der Waals surface area contributed by atoms with Crippen molar-refractivity contribution in [2.75, 3.05) is 19.6 Å². The Morgan fingerprint density at radius 2 is 1.70 bits per heavy atom. The van der Waals surface area contributed by atoms with Crippen LogP contribution in [-0.4, -0.2) is 42.1 Å². The minimum atomic E-state index is -0.122. The van der Waals surface area contributed by atoms with E-state index in [-0.39, 0.29) is 30.4 Å². The first-order chi connectivity index (χ1) is 13.1. The number of Topliss-reactive ketones (excluding diaryl/α,β-unsaturated/α-hetero) is 1. The number of amides is 2. The van der Waals surface area contributed by atoms with Crippen LogP contribution in [0.1, 0.15) is 72.9 Å². The number of fused-ring (bicyclic) bond motifs is 1. The molecule has 1 saturated heterocycles. The molecule has 5 nitrogen and oxygen atoms in total. The Labute approximate surface area is 161 Å². The van der Waals surface area contributed by atoms with Crippen molar-refractivity contribution in [3.05, 3.63) is 34.9 Å². The first kappa shape index (κ1) is 19.6. The van der Waals surface area contributed by atoms with E-state index in [0.717, 1.165) is 44.2 Å². The van der Waals surface area contributed by atoms with Crippen molar-refractivity contribution in [3.63, 3.8) is 0 Å². The largest absolute Gasteiger partial charge is 0.354 e. The Hall–Kier alpha value is -2.17. The number of likely N-dealkylation sites (tertiary alicyclic amines) is 1. The van der Waals surface area contributed by atoms with E-state index < -0.39 is 0 Å². The second kappa shape index (κ2) is 9.67. The van der Waals surface area contributed by atoms with E-state index in [1.54, 1.807) is 0 Å². The molecule has 1 N–H and O–H groups in total. The summed E-state index contributed by atoms with van der Waals surface area (Å²) in [4.78, 5) is 38.2. The van der Waals surface area contributed by atoms with Crippen molar-refractivity contribution >= 4 is 17.6 Å². The summed E-state index contributed by atoms with van der Waals surface area (Å²) in [7, 11) is 0. The molecule has 1 fully saturated rings. The Bertz CT molecular complexity index is 699. The van der Waals surface area contributed by atoms with Gasteiger partial charge >= 0.3 is 0 Å². The number of carbonyl (C=O) groups excluding carboxylic acids is 3. The number of ketones is 1. The van der Waals surface area contributed by atoms with Crippen LogP contribution < -0.4 is 5.32 Å². The zero-order valence-electron chi connectivity index (χ0n) is 16.1. The maximum absolute atomic E-state index is 12.4. The topological polar surface area (TPSA) is 66.5 Å². The van der Waals surface area contributed by atoms with Gasteiger partial charge in [-0.15, -0.1) is 0 Å². The first-order valence-electron chi connectivity index (χ1n) is 10.3. The van der Waals surface area contributed by atoms with Crippen LogP contribution in [-0.2, 0) is 22.4 Å². The molecule has 146 valence electrons. The fourth-order valence-electron chi connectivity index (χ4n) is 3.97. The van der Waals surface area contributed by atoms with Crippen LogP contribution in [0.4, 0.5) is 0 Å². The molecule has 0 saturated carbocycles. The van der Waals surface area contributed by atoms with E-state index in [9.17, 15) is 14.4 Å². The number of carbonyl (C=O) groups is 3. The summed E-state index contributed by atoms with van der Waals surface area (Å²) in [5.74, 6) is 0.0918. The number of benzene rings is 1. The van der Waals surface area contributed by atoms with Crippen molar-refractivity contribution in [2.45, 2.75) is 64.2 Å². The minimum Gasteiger partial charge on any atom is -0.354 e. The van der Waals surface area contributed by atoms with Crippen LogP contribution in [0.2, 0.25) is 0 Å². The smallest absolute Gasteiger partial charge is 0.222 e. The number of nitrogens with zero attached hydrogens (tertiary/aromatic N) is 1. The molecular formula is C22H30N2O3. The van der Waals surface area contributed by atoms with Crippen molar-refractivity contribution in [1.29, 1.82) is 0 Å². The van der Waals surface area contributed by atoms with E-state index >= 15 is 0 Å². The average Bonchev–Trinajstić information content (AvgIpc) is 2.90. The Morgan fingerprint density at radius 3 is 2.56 bits per heavy atom. The normalized spacial score (nSPS) is 17.2. The van der Waals surface area contributed by atoms with Crippen LogP contribution in [0.5, 0.6) is 0 Å². The lowest BCUT2D eigenvalue weighted by Crippen LogP contribution is -2.38. The van der Waals surface area contributed by atoms with Gasteiger partial charge in [0.05, 0.1) is 0 Å². The van der Waals surface area contributed by atoms with Crippen LogP contribution in [0, 0.1) is 0 Å². The van der Waals surface area contributed by atoms with Gasteiger partial charge < -0.3 is 10.2 Å². The quantitative estimate of drug-likeness (QED) is 0.750. The highest BCUT2D eigenvalue weighted by Gasteiger charge is 2.17. The molecule has 1 aromatic carbocycles. The van der Waals surface area contributed by atoms with E-state index in [0.29, 0.717) is 19.5 Å². The Morgan fingerprint density at radius 1 is 0.926 bits per heavy atom. The predicted molar refractivity (Wildman–Crippen MR) is 105 cm³/mol. The molecule has 0 aromatic heterocycles. The van der Waals surface area contributed by atoms with E-state index in [1.807, 2.05) is 17.0 Å². The molecule has 0 atom stereocenters. The van der Waals surface area contributed by atoms with Crippen molar-refractivity contribution in [3.8, 4) is 0 Å². The van der Waals surface area contributed by atoms with Gasteiger partial charge in [0.1, 0.15) is 0 Å². The molecule has 0 bridgehead atoms. The summed E-state index contributed by atoms with van der Waals surface area (Å²) in [6.07, 6.45) is 8.70. The summed E-state index contributed by atoms with van der Waals surface area (Å²) in [6.45, 7) is 1.80. The van der Waals surface area contributed by atoms with Crippen LogP contribution in [0.3, 0.4) is 0 Å². The minimum absolute atomic E-state index is 0.0289. The summed E-state index contributed by atoms with van der Waals surface area (Å²) >= 11 is 0. The Kier molecular flexibility index (Phi) is 7.02. The molecule has 1 aliphatic carbocycles. The molecule has 1 aromatic rings. The van der Waals surface area contributed by atoms with Crippen molar-refractivity contribution in [1.82, 2.24) is 10.2 Å². The average molecular weight is 370 g/mol. The molecule has 3 rings (SSSR count). The van der Waals surface area contributed by atoms with E-state index in [1.165, 1.54) is 24.0 Å². The SMILES string of the molecule is O=C(CCC(=O)c1ccc2c(c1)CCCC2)NCCN1CCCCCC1=O. The molecule has 0 unspecified atom stereocenters. The second-order valence-electron chi connectivity index (χ2n) is 7.66. The highest BCUT2D eigenvalue weighted by Crippen LogP contribution is 2.23. The summed E-state index contributed by atoms with van der Waals surface area (Å²) in [5, 5.41) is 2.84. The maximum atomic E-state index is 12.4. The molecule has 2 aliphatic rings. The van der Waals surface area contributed by atoms with Crippen LogP contribution >= 0.6 is 0 Å². The molecule has 0 radical (unpaired) electrons. The highest BCUT2D eigenvalue weighted by molar-refractivity contribution is 5.98. The summed E-state index contributed by atoms with van der Waals surface area (Å²) in [6, 6.07) is 5.98. The van der Waals surface area contributed by atoms with Gasteiger partial charge in [0.15, 0.2) is 5.78 Å². The number of rotatable bonds is 7. The lowest BCUT2D eigenvalue weighted by Gasteiger charge is -2.20. The van der Waals surface area contributed by atoms with Gasteiger partial charge in [0.2, 0.25) is 11.8 Å². The maximum Gasteiger partial charge on any atom is 0.222 e. The number of hydrogen-bond donors (Lipinski definition) is 1. The number of hydrogen-bond acceptors (Lipinski definition) is 3. The van der Waals surface area contributed by atoms with Crippen molar-refractivity contribution < 1.29 is 14.4 Å². The van der Waals surface area contributed by atoms with E-state index in [2.05, 4.69) is 11.4 Å². The molecule has 1 aliphatic heterocycles. The molecule has 2 amide bonds. The monoisotopic (exact) mass is 370 g/mol. The number of nitrogens with one attached hydrogen (secondary N) is 1. The van der Waals surface area contributed by atoms with Gasteiger partial charge in [-0.1, -0.05) is 18.6 Å². The van der Waals surface area contributed by atoms with Gasteiger partial charge in [0, 0.05) is 44.5 Å². The summed E-state index contributed by atoms with van der Waals surface area (Å²) in [5.41, 5.74) is 3.37. The first-order valence-corrected chi connectivity index (χ1v) is 10.3. The van der Waals surface area contributed by atoms with Gasteiger partial charge in [-0.25, -0.2) is 0 Å². The summed E-state index contributed by atoms with van der Waals surface area (Å²) < 4.78 is 0. The molecule has 1 heterocycles. The molecule has 0 spiro atoms. The van der Waals surface area contributed by atoms with E-state index in [4.69, 9.17) is 0 Å². The van der Waals surface area contributed by atoms with Gasteiger partial charge in [-0.3, -0.25) is 14.4 Å². The highest BCUT2D eigenvalue weighted by atomic mass is 16.2. The lowest BCUT2D eigenvalue weighted by molar-refractivity contribution is -0.131. The third-order valence-electron chi connectivity index (χ3n) is 5.62. The number of aryl methyl sites for hydroxylation is 2.